The molecule has 2 amide bonds. The number of amides is 2. The van der Waals surface area contributed by atoms with Crippen molar-refractivity contribution in [2.45, 2.75) is 58.4 Å². The molecule has 11 heteroatoms. The molecule has 0 aliphatic heterocycles. The molecule has 47 heavy (non-hydrogen) atoms. The van der Waals surface area contributed by atoms with E-state index in [0.29, 0.717) is 46.2 Å². The Hall–Kier alpha value is -5.45. The van der Waals surface area contributed by atoms with Crippen molar-refractivity contribution >= 4 is 29.3 Å². The Morgan fingerprint density at radius 3 is 2.23 bits per heavy atom. The number of rotatable bonds is 17. The van der Waals surface area contributed by atoms with Crippen LogP contribution in [0.4, 0.5) is 5.69 Å². The highest BCUT2D eigenvalue weighted by Gasteiger charge is 2.21. The smallest absolute Gasteiger partial charge is 0.343 e. The molecular weight excluding hydrogens is 600 g/mol. The van der Waals surface area contributed by atoms with Crippen LogP contribution in [0.5, 0.6) is 17.2 Å². The van der Waals surface area contributed by atoms with E-state index < -0.39 is 17.9 Å². The van der Waals surface area contributed by atoms with Crippen molar-refractivity contribution in [3.05, 3.63) is 102 Å². The number of unbranched alkanes of at least 4 members (excludes halogenated alkanes) is 4. The lowest BCUT2D eigenvalue weighted by Crippen LogP contribution is -2.41. The fraction of sp³-hybridized carbons (Fsp3) is 0.306. The Morgan fingerprint density at radius 2 is 1.57 bits per heavy atom. The molecule has 0 radical (unpaired) electrons. The molecule has 0 saturated carbocycles. The number of hydrogen-bond acceptors (Lipinski definition) is 8. The van der Waals surface area contributed by atoms with Gasteiger partial charge in [-0.2, -0.15) is 0 Å². The van der Waals surface area contributed by atoms with Gasteiger partial charge in [-0.25, -0.2) is 9.78 Å². The average Bonchev–Trinajstić information content (AvgIpc) is 3.63. The molecule has 4 rings (SSSR count). The number of hydrogen-bond donors (Lipinski definition) is 3. The van der Waals surface area contributed by atoms with Crippen molar-refractivity contribution < 1.29 is 33.4 Å². The fourth-order valence-electron chi connectivity index (χ4n) is 4.72. The molecule has 0 fully saturated rings. The molecule has 11 nitrogen and oxygen atoms in total. The predicted octanol–water partition coefficient (Wildman–Crippen LogP) is 6.17. The van der Waals surface area contributed by atoms with Crippen molar-refractivity contribution in [3.8, 4) is 17.2 Å². The molecule has 0 bridgehead atoms. The van der Waals surface area contributed by atoms with Crippen molar-refractivity contribution in [1.82, 2.24) is 15.3 Å². The third-order valence-corrected chi connectivity index (χ3v) is 7.42. The Balaban J connectivity index is 1.32. The third kappa shape index (κ3) is 10.3. The second-order valence-corrected chi connectivity index (χ2v) is 11.0. The zero-order chi connectivity index (χ0) is 33.6. The van der Waals surface area contributed by atoms with Crippen LogP contribution in [-0.2, 0) is 11.2 Å². The van der Waals surface area contributed by atoms with Gasteiger partial charge in [0, 0.05) is 11.3 Å². The van der Waals surface area contributed by atoms with Crippen LogP contribution in [0.1, 0.15) is 82.7 Å². The Morgan fingerprint density at radius 1 is 0.851 bits per heavy atom. The van der Waals surface area contributed by atoms with Crippen LogP contribution < -0.4 is 24.8 Å². The number of nitrogens with one attached hydrogen (secondary N) is 3. The zero-order valence-electron chi connectivity index (χ0n) is 26.8. The van der Waals surface area contributed by atoms with Crippen molar-refractivity contribution in [2.24, 2.45) is 0 Å². The largest absolute Gasteiger partial charge is 0.494 e. The van der Waals surface area contributed by atoms with E-state index in [1.807, 2.05) is 0 Å². The maximum atomic E-state index is 13.0. The van der Waals surface area contributed by atoms with Crippen LogP contribution in [0, 0.1) is 0 Å². The number of imidazole rings is 1. The molecule has 0 saturated heterocycles. The summed E-state index contributed by atoms with van der Waals surface area (Å²) >= 11 is 0. The van der Waals surface area contributed by atoms with Gasteiger partial charge in [-0.05, 0) is 86.0 Å². The summed E-state index contributed by atoms with van der Waals surface area (Å²) in [5.41, 5.74) is 2.16. The lowest BCUT2D eigenvalue weighted by molar-refractivity contribution is -0.118. The molecule has 246 valence electrons. The Kier molecular flexibility index (Phi) is 12.7. The highest BCUT2D eigenvalue weighted by atomic mass is 16.6. The van der Waals surface area contributed by atoms with E-state index in [4.69, 9.17) is 14.2 Å². The third-order valence-electron chi connectivity index (χ3n) is 7.42. The maximum absolute atomic E-state index is 13.0. The van der Waals surface area contributed by atoms with E-state index in [-0.39, 0.29) is 23.9 Å². The molecule has 0 aliphatic rings. The molecule has 1 atom stereocenters. The fourth-order valence-corrected chi connectivity index (χ4v) is 4.72. The minimum Gasteiger partial charge on any atom is -0.494 e. The van der Waals surface area contributed by atoms with Crippen molar-refractivity contribution in [3.63, 3.8) is 0 Å². The molecule has 3 N–H and O–H groups in total. The van der Waals surface area contributed by atoms with E-state index in [1.54, 1.807) is 66.7 Å². The summed E-state index contributed by atoms with van der Waals surface area (Å²) in [6.45, 7) is 4.21. The second kappa shape index (κ2) is 17.3. The van der Waals surface area contributed by atoms with Crippen molar-refractivity contribution in [2.75, 3.05) is 19.0 Å². The van der Waals surface area contributed by atoms with Gasteiger partial charge in [-0.15, -0.1) is 0 Å². The standard InChI is InChI=1S/C36H40N4O7/c1-4-5-6-7-8-19-46-29-16-12-27(13-17-29)36(44)47-32-18-9-25(21-33(32)45-3)20-30(24(2)41)40-34(42)26-10-14-28(15-11-26)39-35(43)31-22-37-23-38-31/h9-18,21-23,30H,4-8,19-20H2,1-3H3,(H,37,38)(H,39,43)(H,40,42). The predicted molar refractivity (Wildman–Crippen MR) is 177 cm³/mol. The number of carbonyl (C=O) groups excluding carboxylic acids is 4. The number of ether oxygens (including phenoxy) is 3. The monoisotopic (exact) mass is 640 g/mol. The number of anilines is 1. The number of nitrogens with zero attached hydrogens (tertiary/aromatic N) is 1. The van der Waals surface area contributed by atoms with Crippen LogP contribution in [-0.4, -0.2) is 53.3 Å². The summed E-state index contributed by atoms with van der Waals surface area (Å²) in [7, 11) is 1.45. The van der Waals surface area contributed by atoms with Gasteiger partial charge >= 0.3 is 5.97 Å². The number of aromatic amines is 1. The molecule has 0 spiro atoms. The van der Waals surface area contributed by atoms with Crippen LogP contribution in [0.2, 0.25) is 0 Å². The van der Waals surface area contributed by atoms with Gasteiger partial charge in [-0.3, -0.25) is 14.4 Å². The SMILES string of the molecule is CCCCCCCOc1ccc(C(=O)Oc2ccc(CC(NC(=O)c3ccc(NC(=O)c4cnc[nH]4)cc3)C(C)=O)cc2OC)cc1. The molecule has 3 aromatic carbocycles. The van der Waals surface area contributed by atoms with Gasteiger partial charge in [0.05, 0.1) is 37.8 Å². The number of methoxy groups -OCH3 is 1. The molecule has 1 aromatic heterocycles. The normalized spacial score (nSPS) is 11.3. The van der Waals surface area contributed by atoms with E-state index in [2.05, 4.69) is 27.5 Å². The average molecular weight is 641 g/mol. The molecule has 1 heterocycles. The molecule has 4 aromatic rings. The van der Waals surface area contributed by atoms with E-state index in [0.717, 1.165) is 12.8 Å². The second-order valence-electron chi connectivity index (χ2n) is 11.0. The van der Waals surface area contributed by atoms with E-state index in [9.17, 15) is 19.2 Å². The summed E-state index contributed by atoms with van der Waals surface area (Å²) in [5.74, 6) is -0.383. The van der Waals surface area contributed by atoms with Crippen molar-refractivity contribution in [1.29, 1.82) is 0 Å². The number of esters is 1. The number of benzene rings is 3. The minimum absolute atomic E-state index is 0.185. The van der Waals surface area contributed by atoms with E-state index in [1.165, 1.54) is 45.8 Å². The summed E-state index contributed by atoms with van der Waals surface area (Å²) in [6.07, 6.45) is 8.75. The quantitative estimate of drug-likeness (QED) is 0.0705. The lowest BCUT2D eigenvalue weighted by Gasteiger charge is -2.17. The molecule has 1 unspecified atom stereocenters. The minimum atomic E-state index is -0.822. The number of aromatic nitrogens is 2. The molecular formula is C36H40N4O7. The summed E-state index contributed by atoms with van der Waals surface area (Å²) < 4.78 is 16.9. The number of ketones is 1. The van der Waals surface area contributed by atoms with Gasteiger partial charge in [0.15, 0.2) is 17.3 Å². The highest BCUT2D eigenvalue weighted by molar-refractivity contribution is 6.03. The highest BCUT2D eigenvalue weighted by Crippen LogP contribution is 2.30. The van der Waals surface area contributed by atoms with Crippen LogP contribution in [0.25, 0.3) is 0 Å². The lowest BCUT2D eigenvalue weighted by atomic mass is 10.0. The number of Topliss-reactive ketones (excluding diaryl/α,β-unsaturated/α-hetero) is 1. The van der Waals surface area contributed by atoms with Gasteiger partial charge in [-0.1, -0.05) is 38.7 Å². The van der Waals surface area contributed by atoms with Gasteiger partial charge in [0.25, 0.3) is 11.8 Å². The van der Waals surface area contributed by atoms with Gasteiger partial charge in [0.2, 0.25) is 0 Å². The Labute approximate surface area is 274 Å². The Bertz CT molecular complexity index is 1640. The number of carbonyl (C=O) groups is 4. The first-order valence-corrected chi connectivity index (χ1v) is 15.6. The first kappa shape index (κ1) is 34.4. The first-order chi connectivity index (χ1) is 22.8. The topological polar surface area (TPSA) is 149 Å². The summed E-state index contributed by atoms with van der Waals surface area (Å²) in [5, 5.41) is 5.48. The zero-order valence-corrected chi connectivity index (χ0v) is 26.8. The van der Waals surface area contributed by atoms with Crippen LogP contribution in [0.15, 0.2) is 79.3 Å². The first-order valence-electron chi connectivity index (χ1n) is 15.6. The van der Waals surface area contributed by atoms with E-state index >= 15 is 0 Å². The number of H-pyrrole nitrogens is 1. The van der Waals surface area contributed by atoms with Crippen LogP contribution in [0.3, 0.4) is 0 Å². The van der Waals surface area contributed by atoms with Gasteiger partial charge in [0.1, 0.15) is 11.4 Å². The maximum Gasteiger partial charge on any atom is 0.343 e. The van der Waals surface area contributed by atoms with Gasteiger partial charge < -0.3 is 29.8 Å². The molecule has 0 aliphatic carbocycles. The van der Waals surface area contributed by atoms with Crippen LogP contribution >= 0.6 is 0 Å². The summed E-state index contributed by atoms with van der Waals surface area (Å²) in [6, 6.07) is 17.2. The summed E-state index contributed by atoms with van der Waals surface area (Å²) in [4.78, 5) is 57.1.